The smallest absolute Gasteiger partial charge is 0.201 e. The molecule has 2 aliphatic rings. The van der Waals surface area contributed by atoms with Crippen LogP contribution in [0.2, 0.25) is 0 Å². The summed E-state index contributed by atoms with van der Waals surface area (Å²) < 4.78 is 34.0. The molecule has 35 heavy (non-hydrogen) atoms. The standard InChI is InChI=1S/C32H38F2O/c1-3-5-6-23-7-9-24(10-8-23)11-12-25-13-15-26(16-14-25)27-17-19-28(20-18-27)29-21-22-30(35-4-2)32(34)31(29)33/h3,7,9,11-12,17-26H,1,4-6,8,10,13-16H2,2H3/b12-11+. The highest BCUT2D eigenvalue weighted by atomic mass is 19.2. The van der Waals surface area contributed by atoms with E-state index < -0.39 is 11.6 Å². The lowest BCUT2D eigenvalue weighted by molar-refractivity contribution is 0.314. The van der Waals surface area contributed by atoms with E-state index in [2.05, 4.69) is 43.0 Å². The zero-order valence-electron chi connectivity index (χ0n) is 20.9. The van der Waals surface area contributed by atoms with Crippen molar-refractivity contribution in [3.63, 3.8) is 0 Å². The maximum Gasteiger partial charge on any atom is 0.201 e. The molecule has 0 aromatic heterocycles. The molecule has 0 spiro atoms. The normalized spacial score (nSPS) is 24.5. The van der Waals surface area contributed by atoms with Crippen LogP contribution in [0.15, 0.2) is 73.4 Å². The van der Waals surface area contributed by atoms with Crippen molar-refractivity contribution in [2.45, 2.75) is 64.2 Å². The van der Waals surface area contributed by atoms with Crippen LogP contribution in [0.5, 0.6) is 5.75 Å². The second-order valence-corrected chi connectivity index (χ2v) is 10.0. The van der Waals surface area contributed by atoms with Gasteiger partial charge in [-0.05, 0) is 105 Å². The molecule has 0 saturated heterocycles. The van der Waals surface area contributed by atoms with E-state index in [9.17, 15) is 8.78 Å². The molecule has 0 amide bonds. The second kappa shape index (κ2) is 12.3. The van der Waals surface area contributed by atoms with Crippen LogP contribution in [0, 0.1) is 29.4 Å². The van der Waals surface area contributed by atoms with Crippen LogP contribution >= 0.6 is 0 Å². The Bertz CT molecular complexity index is 1030. The summed E-state index contributed by atoms with van der Waals surface area (Å²) in [6.45, 7) is 5.89. The Kier molecular flexibility index (Phi) is 8.95. The van der Waals surface area contributed by atoms with E-state index in [1.807, 2.05) is 18.2 Å². The van der Waals surface area contributed by atoms with Gasteiger partial charge in [-0.25, -0.2) is 4.39 Å². The number of hydrogen-bond acceptors (Lipinski definition) is 1. The third-order valence-corrected chi connectivity index (χ3v) is 7.68. The SMILES string of the molecule is C=CCCC1C=CC(/C=C/C2CCC(c3ccc(-c4ccc(OCC)c(F)c4F)cc3)CC2)CC1. The molecule has 2 aromatic rings. The van der Waals surface area contributed by atoms with E-state index >= 15 is 0 Å². The number of benzene rings is 2. The molecule has 4 rings (SSSR count). The van der Waals surface area contributed by atoms with Crippen molar-refractivity contribution >= 4 is 0 Å². The molecule has 0 aliphatic heterocycles. The van der Waals surface area contributed by atoms with Crippen LogP contribution in [-0.2, 0) is 0 Å². The summed E-state index contributed by atoms with van der Waals surface area (Å²) in [5.41, 5.74) is 2.26. The van der Waals surface area contributed by atoms with Gasteiger partial charge in [-0.3, -0.25) is 0 Å². The summed E-state index contributed by atoms with van der Waals surface area (Å²) in [6.07, 6.45) is 21.4. The molecule has 1 nitrogen and oxygen atoms in total. The van der Waals surface area contributed by atoms with Gasteiger partial charge in [0.2, 0.25) is 5.82 Å². The zero-order chi connectivity index (χ0) is 24.6. The summed E-state index contributed by atoms with van der Waals surface area (Å²) in [6, 6.07) is 11.1. The van der Waals surface area contributed by atoms with Gasteiger partial charge in [-0.1, -0.05) is 54.6 Å². The lowest BCUT2D eigenvalue weighted by atomic mass is 9.77. The summed E-state index contributed by atoms with van der Waals surface area (Å²) >= 11 is 0. The molecule has 186 valence electrons. The number of ether oxygens (including phenoxy) is 1. The van der Waals surface area contributed by atoms with Gasteiger partial charge in [0.1, 0.15) is 0 Å². The average molecular weight is 477 g/mol. The molecule has 2 unspecified atom stereocenters. The van der Waals surface area contributed by atoms with Crippen LogP contribution in [0.25, 0.3) is 11.1 Å². The van der Waals surface area contributed by atoms with E-state index in [1.165, 1.54) is 56.6 Å². The Balaban J connectivity index is 1.30. The van der Waals surface area contributed by atoms with Crippen LogP contribution in [-0.4, -0.2) is 6.61 Å². The Morgan fingerprint density at radius 3 is 2.31 bits per heavy atom. The predicted octanol–water partition coefficient (Wildman–Crippen LogP) is 9.41. The van der Waals surface area contributed by atoms with Crippen molar-refractivity contribution in [2.75, 3.05) is 6.61 Å². The molecule has 0 bridgehead atoms. The Hall–Kier alpha value is -2.68. The number of allylic oxidation sites excluding steroid dienone is 5. The maximum atomic E-state index is 14.6. The Labute approximate surface area is 209 Å². The van der Waals surface area contributed by atoms with Crippen LogP contribution in [0.1, 0.15) is 69.8 Å². The molecule has 2 aromatic carbocycles. The van der Waals surface area contributed by atoms with Gasteiger partial charge in [0, 0.05) is 5.56 Å². The molecular weight excluding hydrogens is 438 g/mol. The quantitative estimate of drug-likeness (QED) is 0.328. The highest BCUT2D eigenvalue weighted by Crippen LogP contribution is 2.38. The minimum absolute atomic E-state index is 0.0385. The minimum atomic E-state index is -0.920. The second-order valence-electron chi connectivity index (χ2n) is 10.0. The number of rotatable bonds is 9. The van der Waals surface area contributed by atoms with Crippen LogP contribution < -0.4 is 4.74 Å². The molecular formula is C32H38F2O. The first-order valence-electron chi connectivity index (χ1n) is 13.3. The first-order chi connectivity index (χ1) is 17.1. The minimum Gasteiger partial charge on any atom is -0.491 e. The van der Waals surface area contributed by atoms with E-state index in [1.54, 1.807) is 13.0 Å². The first kappa shape index (κ1) is 25.4. The van der Waals surface area contributed by atoms with Crippen molar-refractivity contribution in [3.05, 3.63) is 90.6 Å². The molecule has 1 saturated carbocycles. The fraction of sp³-hybridized carbons (Fsp3) is 0.438. The molecule has 0 heterocycles. The van der Waals surface area contributed by atoms with Crippen molar-refractivity contribution in [3.8, 4) is 16.9 Å². The highest BCUT2D eigenvalue weighted by molar-refractivity contribution is 5.65. The molecule has 1 fully saturated rings. The monoisotopic (exact) mass is 476 g/mol. The number of hydrogen-bond donors (Lipinski definition) is 0. The van der Waals surface area contributed by atoms with Crippen molar-refractivity contribution in [1.82, 2.24) is 0 Å². The summed E-state index contributed by atoms with van der Waals surface area (Å²) in [5, 5.41) is 0. The highest BCUT2D eigenvalue weighted by Gasteiger charge is 2.22. The molecule has 2 aliphatic carbocycles. The van der Waals surface area contributed by atoms with Gasteiger partial charge >= 0.3 is 0 Å². The largest absolute Gasteiger partial charge is 0.491 e. The van der Waals surface area contributed by atoms with Gasteiger partial charge < -0.3 is 4.74 Å². The van der Waals surface area contributed by atoms with Crippen molar-refractivity contribution in [2.24, 2.45) is 17.8 Å². The van der Waals surface area contributed by atoms with Gasteiger partial charge in [-0.15, -0.1) is 6.58 Å². The number of halogens is 2. The molecule has 3 heteroatoms. The fourth-order valence-electron chi connectivity index (χ4n) is 5.53. The third-order valence-electron chi connectivity index (χ3n) is 7.68. The lowest BCUT2D eigenvalue weighted by Crippen LogP contribution is -2.12. The molecule has 2 atom stereocenters. The zero-order valence-corrected chi connectivity index (χ0v) is 20.9. The molecule has 0 radical (unpaired) electrons. The van der Waals surface area contributed by atoms with E-state index in [4.69, 9.17) is 4.74 Å². The lowest BCUT2D eigenvalue weighted by Gasteiger charge is -2.28. The predicted molar refractivity (Wildman–Crippen MR) is 142 cm³/mol. The van der Waals surface area contributed by atoms with E-state index in [-0.39, 0.29) is 11.3 Å². The Morgan fingerprint density at radius 2 is 1.66 bits per heavy atom. The van der Waals surface area contributed by atoms with Crippen LogP contribution in [0.3, 0.4) is 0 Å². The van der Waals surface area contributed by atoms with Gasteiger partial charge in [0.15, 0.2) is 11.6 Å². The van der Waals surface area contributed by atoms with E-state index in [0.29, 0.717) is 29.9 Å². The topological polar surface area (TPSA) is 9.23 Å². The molecule has 0 N–H and O–H groups in total. The Morgan fingerprint density at radius 1 is 0.886 bits per heavy atom. The van der Waals surface area contributed by atoms with Gasteiger partial charge in [-0.2, -0.15) is 4.39 Å². The summed E-state index contributed by atoms with van der Waals surface area (Å²) in [5.74, 6) is 0.710. The van der Waals surface area contributed by atoms with Crippen LogP contribution in [0.4, 0.5) is 8.78 Å². The van der Waals surface area contributed by atoms with Crippen molar-refractivity contribution in [1.29, 1.82) is 0 Å². The van der Waals surface area contributed by atoms with Gasteiger partial charge in [0.05, 0.1) is 6.61 Å². The maximum absolute atomic E-state index is 14.6. The third kappa shape index (κ3) is 6.51. The van der Waals surface area contributed by atoms with Gasteiger partial charge in [0.25, 0.3) is 0 Å². The summed E-state index contributed by atoms with van der Waals surface area (Å²) in [7, 11) is 0. The van der Waals surface area contributed by atoms with Crippen molar-refractivity contribution < 1.29 is 13.5 Å². The average Bonchev–Trinajstić information content (AvgIpc) is 2.90. The fourth-order valence-corrected chi connectivity index (χ4v) is 5.53. The first-order valence-corrected chi connectivity index (χ1v) is 13.3. The van der Waals surface area contributed by atoms with E-state index in [0.717, 1.165) is 12.3 Å². The summed E-state index contributed by atoms with van der Waals surface area (Å²) in [4.78, 5) is 0.